The van der Waals surface area contributed by atoms with E-state index in [0.717, 1.165) is 0 Å². The molecule has 0 aliphatic carbocycles. The predicted molar refractivity (Wildman–Crippen MR) is 73.8 cm³/mol. The zero-order chi connectivity index (χ0) is 15.0. The number of nitrogens with two attached hydrogens (primary N) is 1. The number of nitrogen functional groups attached to an aromatic ring is 1. The average molecular weight is 272 g/mol. The molecule has 0 aromatic heterocycles. The van der Waals surface area contributed by atoms with Crippen molar-refractivity contribution in [2.24, 2.45) is 0 Å². The van der Waals surface area contributed by atoms with Gasteiger partial charge in [0.05, 0.1) is 37.7 Å². The summed E-state index contributed by atoms with van der Waals surface area (Å²) in [5.41, 5.74) is 6.47. The number of nitrogens with zero attached hydrogens (tertiary/aromatic N) is 3. The van der Waals surface area contributed by atoms with E-state index in [2.05, 4.69) is 0 Å². The van der Waals surface area contributed by atoms with Crippen LogP contribution in [0.3, 0.4) is 0 Å². The Bertz CT molecular complexity index is 539. The molecule has 0 saturated heterocycles. The quantitative estimate of drug-likeness (QED) is 0.791. The number of rotatable bonds is 6. The van der Waals surface area contributed by atoms with E-state index < -0.39 is 0 Å². The third-order valence-corrected chi connectivity index (χ3v) is 2.77. The highest BCUT2D eigenvalue weighted by molar-refractivity contribution is 5.99. The largest absolute Gasteiger partial charge is 0.497 e. The molecule has 0 atom stereocenters. The smallest absolute Gasteiger partial charge is 0.256 e. The lowest BCUT2D eigenvalue weighted by Gasteiger charge is -2.21. The molecule has 1 rings (SSSR count). The lowest BCUT2D eigenvalue weighted by molar-refractivity contribution is 0.0763. The van der Waals surface area contributed by atoms with Crippen LogP contribution in [0.15, 0.2) is 18.2 Å². The number of amides is 1. The van der Waals surface area contributed by atoms with Gasteiger partial charge in [0.2, 0.25) is 0 Å². The van der Waals surface area contributed by atoms with Gasteiger partial charge in [0.15, 0.2) is 0 Å². The molecule has 0 fully saturated rings. The summed E-state index contributed by atoms with van der Waals surface area (Å²) in [6.45, 7) is 0.543. The summed E-state index contributed by atoms with van der Waals surface area (Å²) >= 11 is 0. The minimum absolute atomic E-state index is 0.209. The summed E-state index contributed by atoms with van der Waals surface area (Å²) in [4.78, 5) is 13.9. The lowest BCUT2D eigenvalue weighted by Crippen LogP contribution is -2.33. The minimum Gasteiger partial charge on any atom is -0.497 e. The second-order valence-corrected chi connectivity index (χ2v) is 4.06. The first-order chi connectivity index (χ1) is 9.63. The van der Waals surface area contributed by atoms with Crippen LogP contribution in [-0.4, -0.2) is 31.0 Å². The van der Waals surface area contributed by atoms with E-state index in [1.807, 2.05) is 12.1 Å². The number of anilines is 1. The number of benzene rings is 1. The Kier molecular flexibility index (Phi) is 5.86. The fourth-order valence-electron chi connectivity index (χ4n) is 1.70. The number of nitriles is 2. The zero-order valence-electron chi connectivity index (χ0n) is 11.3. The van der Waals surface area contributed by atoms with Gasteiger partial charge in [-0.3, -0.25) is 4.79 Å². The summed E-state index contributed by atoms with van der Waals surface area (Å²) in [6.07, 6.45) is 0.419. The molecule has 20 heavy (non-hydrogen) atoms. The lowest BCUT2D eigenvalue weighted by atomic mass is 10.1. The van der Waals surface area contributed by atoms with Gasteiger partial charge in [-0.25, -0.2) is 0 Å². The normalized spacial score (nSPS) is 9.35. The molecule has 1 aromatic rings. The third kappa shape index (κ3) is 3.89. The fraction of sp³-hybridized carbons (Fsp3) is 0.357. The van der Waals surface area contributed by atoms with Crippen LogP contribution in [-0.2, 0) is 0 Å². The Morgan fingerprint density at radius 1 is 1.30 bits per heavy atom. The molecule has 2 N–H and O–H groups in total. The maximum Gasteiger partial charge on any atom is 0.256 e. The van der Waals surface area contributed by atoms with Crippen molar-refractivity contribution in [3.05, 3.63) is 23.8 Å². The van der Waals surface area contributed by atoms with Crippen molar-refractivity contribution in [1.29, 1.82) is 10.5 Å². The van der Waals surface area contributed by atoms with Gasteiger partial charge in [-0.2, -0.15) is 10.5 Å². The molecule has 0 unspecified atom stereocenters. The highest BCUT2D eigenvalue weighted by Gasteiger charge is 2.18. The number of ether oxygens (including phenoxy) is 1. The second kappa shape index (κ2) is 7.65. The number of carbonyl (C=O) groups is 1. The van der Waals surface area contributed by atoms with Crippen LogP contribution in [0.2, 0.25) is 0 Å². The molecule has 0 saturated carbocycles. The van der Waals surface area contributed by atoms with Crippen molar-refractivity contribution < 1.29 is 9.53 Å². The first-order valence-electron chi connectivity index (χ1n) is 6.10. The molecule has 0 bridgehead atoms. The monoisotopic (exact) mass is 272 g/mol. The molecule has 0 spiro atoms. The van der Waals surface area contributed by atoms with Crippen molar-refractivity contribution in [2.45, 2.75) is 12.8 Å². The molecular formula is C14H16N4O2. The molecule has 0 heterocycles. The molecule has 1 aromatic carbocycles. The van der Waals surface area contributed by atoms with Gasteiger partial charge in [0.1, 0.15) is 5.75 Å². The maximum atomic E-state index is 12.4. The van der Waals surface area contributed by atoms with E-state index in [1.165, 1.54) is 12.0 Å². The number of carbonyl (C=O) groups excluding carboxylic acids is 1. The van der Waals surface area contributed by atoms with Gasteiger partial charge in [0.25, 0.3) is 5.91 Å². The summed E-state index contributed by atoms with van der Waals surface area (Å²) in [7, 11) is 1.50. The summed E-state index contributed by atoms with van der Waals surface area (Å²) in [5.74, 6) is 0.231. The molecule has 6 nitrogen and oxygen atoms in total. The van der Waals surface area contributed by atoms with Crippen LogP contribution in [0.25, 0.3) is 0 Å². The van der Waals surface area contributed by atoms with Gasteiger partial charge in [0, 0.05) is 18.8 Å². The standard InChI is InChI=1S/C14H16N4O2/c1-20-11-4-5-13(17)12(10-11)14(19)18(8-2-6-15)9-3-7-16/h4-5,10H,2-3,8-9,17H2,1H3. The molecule has 1 amide bonds. The maximum absolute atomic E-state index is 12.4. The molecular weight excluding hydrogens is 256 g/mol. The van der Waals surface area contributed by atoms with Crippen LogP contribution >= 0.6 is 0 Å². The van der Waals surface area contributed by atoms with E-state index in [0.29, 0.717) is 17.0 Å². The predicted octanol–water partition coefficient (Wildman–Crippen LogP) is 1.55. The number of hydrogen-bond donors (Lipinski definition) is 1. The molecule has 0 aliphatic rings. The van der Waals surface area contributed by atoms with Crippen molar-refractivity contribution in [3.8, 4) is 17.9 Å². The molecule has 104 valence electrons. The fourth-order valence-corrected chi connectivity index (χ4v) is 1.70. The first-order valence-corrected chi connectivity index (χ1v) is 6.10. The van der Waals surface area contributed by atoms with Gasteiger partial charge < -0.3 is 15.4 Å². The second-order valence-electron chi connectivity index (χ2n) is 4.06. The molecule has 0 aliphatic heterocycles. The number of methoxy groups -OCH3 is 1. The van der Waals surface area contributed by atoms with Crippen LogP contribution in [0.5, 0.6) is 5.75 Å². The van der Waals surface area contributed by atoms with E-state index in [-0.39, 0.29) is 31.8 Å². The highest BCUT2D eigenvalue weighted by Crippen LogP contribution is 2.21. The Hall–Kier alpha value is -2.73. The van der Waals surface area contributed by atoms with E-state index in [4.69, 9.17) is 21.0 Å². The van der Waals surface area contributed by atoms with Crippen LogP contribution in [0, 0.1) is 22.7 Å². The Morgan fingerprint density at radius 2 is 1.90 bits per heavy atom. The Morgan fingerprint density at radius 3 is 2.40 bits per heavy atom. The van der Waals surface area contributed by atoms with Crippen LogP contribution < -0.4 is 10.5 Å². The van der Waals surface area contributed by atoms with Crippen LogP contribution in [0.1, 0.15) is 23.2 Å². The molecule has 6 heteroatoms. The van der Waals surface area contributed by atoms with Gasteiger partial charge in [-0.15, -0.1) is 0 Å². The van der Waals surface area contributed by atoms with E-state index in [9.17, 15) is 4.79 Å². The number of hydrogen-bond acceptors (Lipinski definition) is 5. The van der Waals surface area contributed by atoms with Crippen molar-refractivity contribution in [1.82, 2.24) is 4.90 Å². The van der Waals surface area contributed by atoms with Crippen molar-refractivity contribution in [3.63, 3.8) is 0 Å². The molecule has 0 radical (unpaired) electrons. The summed E-state index contributed by atoms with van der Waals surface area (Å²) < 4.78 is 5.07. The minimum atomic E-state index is -0.299. The average Bonchev–Trinajstić information content (AvgIpc) is 2.47. The summed E-state index contributed by atoms with van der Waals surface area (Å²) in [6, 6.07) is 8.79. The summed E-state index contributed by atoms with van der Waals surface area (Å²) in [5, 5.41) is 17.3. The van der Waals surface area contributed by atoms with E-state index in [1.54, 1.807) is 18.2 Å². The SMILES string of the molecule is COc1ccc(N)c(C(=O)N(CCC#N)CCC#N)c1. The van der Waals surface area contributed by atoms with Gasteiger partial charge in [-0.1, -0.05) is 0 Å². The Balaban J connectivity index is 2.98. The van der Waals surface area contributed by atoms with Crippen molar-refractivity contribution >= 4 is 11.6 Å². The van der Waals surface area contributed by atoms with Gasteiger partial charge in [-0.05, 0) is 18.2 Å². The van der Waals surface area contributed by atoms with Crippen molar-refractivity contribution in [2.75, 3.05) is 25.9 Å². The highest BCUT2D eigenvalue weighted by atomic mass is 16.5. The first kappa shape index (κ1) is 15.3. The van der Waals surface area contributed by atoms with E-state index >= 15 is 0 Å². The Labute approximate surface area is 118 Å². The van der Waals surface area contributed by atoms with Gasteiger partial charge >= 0.3 is 0 Å². The topological polar surface area (TPSA) is 103 Å². The zero-order valence-corrected chi connectivity index (χ0v) is 11.3. The third-order valence-electron chi connectivity index (χ3n) is 2.77. The van der Waals surface area contributed by atoms with Crippen LogP contribution in [0.4, 0.5) is 5.69 Å².